The number of ether oxygens (including phenoxy) is 1. The molecule has 3 rings (SSSR count). The van der Waals surface area contributed by atoms with Crippen LogP contribution in [0.15, 0.2) is 47.9 Å². The summed E-state index contributed by atoms with van der Waals surface area (Å²) in [7, 11) is 0. The Kier molecular flexibility index (Phi) is 5.67. The lowest BCUT2D eigenvalue weighted by Crippen LogP contribution is -2.38. The van der Waals surface area contributed by atoms with Crippen molar-refractivity contribution in [2.24, 2.45) is 0 Å². The summed E-state index contributed by atoms with van der Waals surface area (Å²) < 4.78 is 5.47. The first-order chi connectivity index (χ1) is 11.8. The van der Waals surface area contributed by atoms with E-state index in [9.17, 15) is 4.79 Å². The summed E-state index contributed by atoms with van der Waals surface area (Å²) in [5.41, 5.74) is 3.16. The summed E-state index contributed by atoms with van der Waals surface area (Å²) in [6.07, 6.45) is 3.05. The monoisotopic (exact) mass is 342 g/mol. The molecular weight excluding hydrogens is 320 g/mol. The summed E-state index contributed by atoms with van der Waals surface area (Å²) in [5, 5.41) is 5.11. The molecule has 0 bridgehead atoms. The minimum Gasteiger partial charge on any atom is -0.377 e. The van der Waals surface area contributed by atoms with Crippen LogP contribution in [0.25, 0.3) is 5.57 Å². The maximum absolute atomic E-state index is 12.5. The summed E-state index contributed by atoms with van der Waals surface area (Å²) in [4.78, 5) is 15.7. The zero-order valence-corrected chi connectivity index (χ0v) is 14.6. The van der Waals surface area contributed by atoms with E-state index in [1.807, 2.05) is 36.1 Å². The maximum Gasteiger partial charge on any atom is 0.322 e. The highest BCUT2D eigenvalue weighted by Gasteiger charge is 2.19. The Labute approximate surface area is 146 Å². The van der Waals surface area contributed by atoms with Gasteiger partial charge >= 0.3 is 6.03 Å². The quantitative estimate of drug-likeness (QED) is 0.862. The Morgan fingerprint density at radius 3 is 2.88 bits per heavy atom. The average Bonchev–Trinajstić information content (AvgIpc) is 3.16. The van der Waals surface area contributed by atoms with Gasteiger partial charge in [0.15, 0.2) is 0 Å². The van der Waals surface area contributed by atoms with Crippen LogP contribution in [-0.4, -0.2) is 30.6 Å². The van der Waals surface area contributed by atoms with Gasteiger partial charge in [0.1, 0.15) is 0 Å². The molecule has 1 aromatic heterocycles. The van der Waals surface area contributed by atoms with Crippen LogP contribution in [0.4, 0.5) is 10.5 Å². The van der Waals surface area contributed by atoms with Gasteiger partial charge in [-0.3, -0.25) is 0 Å². The minimum atomic E-state index is -0.0552. The molecule has 0 fully saturated rings. The molecule has 1 N–H and O–H groups in total. The third-order valence-corrected chi connectivity index (χ3v) is 5.00. The molecule has 126 valence electrons. The molecule has 0 aliphatic carbocycles. The molecule has 1 aliphatic rings. The lowest BCUT2D eigenvalue weighted by atomic mass is 10.1. The fourth-order valence-corrected chi connectivity index (χ4v) is 3.51. The highest BCUT2D eigenvalue weighted by Crippen LogP contribution is 2.26. The van der Waals surface area contributed by atoms with E-state index in [-0.39, 0.29) is 6.03 Å². The second kappa shape index (κ2) is 8.13. The van der Waals surface area contributed by atoms with Crippen molar-refractivity contribution in [1.82, 2.24) is 4.90 Å². The topological polar surface area (TPSA) is 41.6 Å². The molecule has 0 unspecified atom stereocenters. The largest absolute Gasteiger partial charge is 0.377 e. The van der Waals surface area contributed by atoms with E-state index in [1.165, 1.54) is 10.5 Å². The SMILES string of the molecule is CCOCc1ccccc1NC(=O)N1CC=C(c2cccs2)CC1. The Balaban J connectivity index is 1.62. The number of thiophene rings is 1. The molecule has 0 atom stereocenters. The van der Waals surface area contributed by atoms with Crippen molar-refractivity contribution in [3.8, 4) is 0 Å². The van der Waals surface area contributed by atoms with Crippen molar-refractivity contribution in [2.45, 2.75) is 20.0 Å². The number of carbonyl (C=O) groups is 1. The molecule has 1 aliphatic heterocycles. The Morgan fingerprint density at radius 2 is 2.17 bits per heavy atom. The van der Waals surface area contributed by atoms with Crippen LogP contribution in [0, 0.1) is 0 Å². The molecule has 0 saturated heterocycles. The second-order valence-electron chi connectivity index (χ2n) is 5.63. The molecule has 5 heteroatoms. The third-order valence-electron chi connectivity index (χ3n) is 4.05. The van der Waals surface area contributed by atoms with Gasteiger partial charge in [-0.1, -0.05) is 30.3 Å². The Hall–Kier alpha value is -2.11. The summed E-state index contributed by atoms with van der Waals surface area (Å²) in [6.45, 7) is 4.52. The van der Waals surface area contributed by atoms with Crippen molar-refractivity contribution in [3.05, 3.63) is 58.3 Å². The first kappa shape index (κ1) is 16.7. The minimum absolute atomic E-state index is 0.0552. The molecule has 0 radical (unpaired) electrons. The number of para-hydroxylation sites is 1. The number of nitrogens with zero attached hydrogens (tertiary/aromatic N) is 1. The molecular formula is C19H22N2O2S. The number of urea groups is 1. The molecule has 0 saturated carbocycles. The average molecular weight is 342 g/mol. The molecule has 2 amide bonds. The number of anilines is 1. The summed E-state index contributed by atoms with van der Waals surface area (Å²) in [6, 6.07) is 11.9. The summed E-state index contributed by atoms with van der Waals surface area (Å²) in [5.74, 6) is 0. The first-order valence-corrected chi connectivity index (χ1v) is 9.10. The van der Waals surface area contributed by atoms with Crippen LogP contribution in [-0.2, 0) is 11.3 Å². The number of carbonyl (C=O) groups excluding carboxylic acids is 1. The molecule has 2 heterocycles. The molecule has 24 heavy (non-hydrogen) atoms. The number of benzene rings is 1. The fraction of sp³-hybridized carbons (Fsp3) is 0.316. The number of amides is 2. The third kappa shape index (κ3) is 4.04. The van der Waals surface area contributed by atoms with E-state index in [2.05, 4.69) is 28.9 Å². The van der Waals surface area contributed by atoms with Gasteiger partial charge in [0.2, 0.25) is 0 Å². The maximum atomic E-state index is 12.5. The predicted octanol–water partition coefficient (Wildman–Crippen LogP) is 4.61. The zero-order chi connectivity index (χ0) is 16.8. The normalized spacial score (nSPS) is 14.4. The van der Waals surface area contributed by atoms with E-state index in [1.54, 1.807) is 11.3 Å². The lowest BCUT2D eigenvalue weighted by molar-refractivity contribution is 0.134. The Bertz CT molecular complexity index is 710. The van der Waals surface area contributed by atoms with Crippen molar-refractivity contribution in [2.75, 3.05) is 25.0 Å². The highest BCUT2D eigenvalue weighted by atomic mass is 32.1. The second-order valence-corrected chi connectivity index (χ2v) is 6.57. The van der Waals surface area contributed by atoms with Crippen LogP contribution >= 0.6 is 11.3 Å². The van der Waals surface area contributed by atoms with Crippen LogP contribution in [0.1, 0.15) is 23.8 Å². The zero-order valence-electron chi connectivity index (χ0n) is 13.8. The van der Waals surface area contributed by atoms with E-state index in [0.717, 1.165) is 24.2 Å². The van der Waals surface area contributed by atoms with Crippen LogP contribution < -0.4 is 5.32 Å². The number of hydrogen-bond donors (Lipinski definition) is 1. The van der Waals surface area contributed by atoms with Gasteiger partial charge < -0.3 is 15.0 Å². The van der Waals surface area contributed by atoms with Crippen LogP contribution in [0.3, 0.4) is 0 Å². The highest BCUT2D eigenvalue weighted by molar-refractivity contribution is 7.11. The van der Waals surface area contributed by atoms with Gasteiger partial charge in [-0.15, -0.1) is 11.3 Å². The van der Waals surface area contributed by atoms with E-state index in [4.69, 9.17) is 4.74 Å². The smallest absolute Gasteiger partial charge is 0.322 e. The number of nitrogens with one attached hydrogen (secondary N) is 1. The summed E-state index contributed by atoms with van der Waals surface area (Å²) >= 11 is 1.75. The first-order valence-electron chi connectivity index (χ1n) is 8.22. The van der Waals surface area contributed by atoms with E-state index < -0.39 is 0 Å². The van der Waals surface area contributed by atoms with E-state index >= 15 is 0 Å². The lowest BCUT2D eigenvalue weighted by Gasteiger charge is -2.27. The number of rotatable bonds is 5. The fourth-order valence-electron chi connectivity index (χ4n) is 2.71. The van der Waals surface area contributed by atoms with Gasteiger partial charge in [0, 0.05) is 35.8 Å². The van der Waals surface area contributed by atoms with Gasteiger partial charge in [0.05, 0.1) is 6.61 Å². The van der Waals surface area contributed by atoms with Crippen LogP contribution in [0.5, 0.6) is 0 Å². The van der Waals surface area contributed by atoms with Gasteiger partial charge in [-0.25, -0.2) is 4.79 Å². The Morgan fingerprint density at radius 1 is 1.29 bits per heavy atom. The van der Waals surface area contributed by atoms with Crippen molar-refractivity contribution in [3.63, 3.8) is 0 Å². The van der Waals surface area contributed by atoms with E-state index in [0.29, 0.717) is 19.8 Å². The number of hydrogen-bond acceptors (Lipinski definition) is 3. The van der Waals surface area contributed by atoms with Gasteiger partial charge in [0.25, 0.3) is 0 Å². The van der Waals surface area contributed by atoms with Crippen molar-refractivity contribution >= 4 is 28.6 Å². The predicted molar refractivity (Wildman–Crippen MR) is 99.3 cm³/mol. The van der Waals surface area contributed by atoms with Crippen molar-refractivity contribution < 1.29 is 9.53 Å². The van der Waals surface area contributed by atoms with Crippen molar-refractivity contribution in [1.29, 1.82) is 0 Å². The van der Waals surface area contributed by atoms with Gasteiger partial charge in [-0.2, -0.15) is 0 Å². The molecule has 4 nitrogen and oxygen atoms in total. The van der Waals surface area contributed by atoms with Crippen LogP contribution in [0.2, 0.25) is 0 Å². The molecule has 0 spiro atoms. The standard InChI is InChI=1S/C19H22N2O2S/c1-2-23-14-16-6-3-4-7-17(16)20-19(22)21-11-9-15(10-12-21)18-8-5-13-24-18/h3-9,13H,2,10-12,14H2,1H3,(H,20,22). The molecule has 1 aromatic carbocycles. The van der Waals surface area contributed by atoms with Gasteiger partial charge in [-0.05, 0) is 36.4 Å². The molecule has 2 aromatic rings.